The summed E-state index contributed by atoms with van der Waals surface area (Å²) in [6.07, 6.45) is 2.89. The maximum atomic E-state index is 9.63. The fourth-order valence-corrected chi connectivity index (χ4v) is 1.61. The van der Waals surface area contributed by atoms with Crippen molar-refractivity contribution in [1.29, 1.82) is 0 Å². The van der Waals surface area contributed by atoms with E-state index in [4.69, 9.17) is 0 Å². The second-order valence-electron chi connectivity index (χ2n) is 3.90. The Morgan fingerprint density at radius 2 is 1.05 bits per heavy atom. The molecular formula is C14H12O5. The van der Waals surface area contributed by atoms with Crippen LogP contribution in [-0.4, -0.2) is 25.5 Å². The lowest BCUT2D eigenvalue weighted by molar-refractivity contribution is 0.327. The first-order valence-corrected chi connectivity index (χ1v) is 5.44. The van der Waals surface area contributed by atoms with E-state index in [0.717, 1.165) is 5.56 Å². The van der Waals surface area contributed by atoms with Gasteiger partial charge in [0.15, 0.2) is 11.5 Å². The van der Waals surface area contributed by atoms with Gasteiger partial charge in [-0.15, -0.1) is 0 Å². The van der Waals surface area contributed by atoms with E-state index >= 15 is 0 Å². The number of phenols is 5. The SMILES string of the molecule is Oc1c(O)c(O)c(/C=C\c2ccccc2)c(O)c1O. The maximum Gasteiger partial charge on any atom is 0.208 e. The van der Waals surface area contributed by atoms with E-state index in [1.165, 1.54) is 6.08 Å². The summed E-state index contributed by atoms with van der Waals surface area (Å²) in [5, 5.41) is 47.3. The van der Waals surface area contributed by atoms with E-state index in [9.17, 15) is 25.5 Å². The highest BCUT2D eigenvalue weighted by Crippen LogP contribution is 2.51. The molecule has 0 spiro atoms. The van der Waals surface area contributed by atoms with E-state index in [1.54, 1.807) is 18.2 Å². The molecule has 2 aromatic rings. The van der Waals surface area contributed by atoms with Crippen molar-refractivity contribution in [3.63, 3.8) is 0 Å². The Morgan fingerprint density at radius 3 is 1.58 bits per heavy atom. The third kappa shape index (κ3) is 2.26. The van der Waals surface area contributed by atoms with Gasteiger partial charge in [-0.2, -0.15) is 0 Å². The predicted molar refractivity (Wildman–Crippen MR) is 70.1 cm³/mol. The van der Waals surface area contributed by atoms with Crippen LogP contribution in [-0.2, 0) is 0 Å². The molecule has 2 aromatic carbocycles. The molecule has 5 heteroatoms. The molecule has 5 N–H and O–H groups in total. The number of hydrogen-bond acceptors (Lipinski definition) is 5. The van der Waals surface area contributed by atoms with Gasteiger partial charge in [0, 0.05) is 0 Å². The zero-order chi connectivity index (χ0) is 14.0. The molecule has 0 aliphatic carbocycles. The minimum Gasteiger partial charge on any atom is -0.504 e. The Labute approximate surface area is 108 Å². The van der Waals surface area contributed by atoms with Crippen molar-refractivity contribution < 1.29 is 25.5 Å². The van der Waals surface area contributed by atoms with E-state index in [2.05, 4.69) is 0 Å². The topological polar surface area (TPSA) is 101 Å². The summed E-state index contributed by atoms with van der Waals surface area (Å²) in [7, 11) is 0. The molecule has 5 nitrogen and oxygen atoms in total. The van der Waals surface area contributed by atoms with E-state index in [-0.39, 0.29) is 5.56 Å². The molecule has 0 aromatic heterocycles. The monoisotopic (exact) mass is 260 g/mol. The Kier molecular flexibility index (Phi) is 3.20. The van der Waals surface area contributed by atoms with Crippen LogP contribution >= 0.6 is 0 Å². The maximum absolute atomic E-state index is 9.63. The minimum atomic E-state index is -0.966. The highest BCUT2D eigenvalue weighted by atomic mass is 16.4. The van der Waals surface area contributed by atoms with Crippen molar-refractivity contribution in [1.82, 2.24) is 0 Å². The first-order valence-electron chi connectivity index (χ1n) is 5.44. The van der Waals surface area contributed by atoms with Gasteiger partial charge in [0.2, 0.25) is 17.2 Å². The molecule has 19 heavy (non-hydrogen) atoms. The summed E-state index contributed by atoms with van der Waals surface area (Å²) in [5.74, 6) is -4.15. The molecule has 0 unspecified atom stereocenters. The van der Waals surface area contributed by atoms with Gasteiger partial charge in [-0.1, -0.05) is 36.4 Å². The Balaban J connectivity index is 2.50. The Morgan fingerprint density at radius 1 is 0.579 bits per heavy atom. The number of benzene rings is 2. The van der Waals surface area contributed by atoms with Crippen LogP contribution < -0.4 is 0 Å². The van der Waals surface area contributed by atoms with Gasteiger partial charge in [0.25, 0.3) is 0 Å². The van der Waals surface area contributed by atoms with Crippen molar-refractivity contribution in [2.75, 3.05) is 0 Å². The number of phenolic OH excluding ortho intramolecular Hbond substituents is 5. The van der Waals surface area contributed by atoms with Crippen molar-refractivity contribution in [3.05, 3.63) is 41.5 Å². The Hall–Kier alpha value is -2.82. The van der Waals surface area contributed by atoms with Crippen LogP contribution in [0.2, 0.25) is 0 Å². The molecular weight excluding hydrogens is 248 g/mol. The van der Waals surface area contributed by atoms with Crippen LogP contribution in [0.4, 0.5) is 0 Å². The van der Waals surface area contributed by atoms with Gasteiger partial charge in [-0.3, -0.25) is 0 Å². The molecule has 98 valence electrons. The summed E-state index contributed by atoms with van der Waals surface area (Å²) in [6, 6.07) is 9.05. The fraction of sp³-hybridized carbons (Fsp3) is 0. The molecule has 0 saturated heterocycles. The van der Waals surface area contributed by atoms with Crippen LogP contribution in [0.1, 0.15) is 11.1 Å². The predicted octanol–water partition coefficient (Wildman–Crippen LogP) is 2.39. The number of aromatic hydroxyl groups is 5. The molecule has 0 fully saturated rings. The van der Waals surface area contributed by atoms with Crippen molar-refractivity contribution >= 4 is 12.2 Å². The first-order chi connectivity index (χ1) is 9.02. The summed E-state index contributed by atoms with van der Waals surface area (Å²) in [4.78, 5) is 0. The molecule has 2 rings (SSSR count). The van der Waals surface area contributed by atoms with E-state index < -0.39 is 28.7 Å². The van der Waals surface area contributed by atoms with Crippen LogP contribution in [0, 0.1) is 0 Å². The van der Waals surface area contributed by atoms with Crippen LogP contribution in [0.3, 0.4) is 0 Å². The smallest absolute Gasteiger partial charge is 0.208 e. The summed E-state index contributed by atoms with van der Waals surface area (Å²) in [5.41, 5.74) is 0.616. The highest BCUT2D eigenvalue weighted by molar-refractivity contribution is 5.81. The van der Waals surface area contributed by atoms with Crippen LogP contribution in [0.25, 0.3) is 12.2 Å². The molecule has 0 amide bonds. The minimum absolute atomic E-state index is 0.184. The number of rotatable bonds is 2. The van der Waals surface area contributed by atoms with Gasteiger partial charge >= 0.3 is 0 Å². The average molecular weight is 260 g/mol. The van der Waals surface area contributed by atoms with Gasteiger partial charge in [-0.05, 0) is 11.6 Å². The van der Waals surface area contributed by atoms with Gasteiger partial charge < -0.3 is 25.5 Å². The largest absolute Gasteiger partial charge is 0.504 e. The average Bonchev–Trinajstić information content (AvgIpc) is 2.44. The molecule has 0 aliphatic rings. The Bertz CT molecular complexity index is 603. The molecule has 0 atom stereocenters. The van der Waals surface area contributed by atoms with Gasteiger partial charge in [0.05, 0.1) is 5.56 Å². The molecule has 0 saturated carbocycles. The lowest BCUT2D eigenvalue weighted by Gasteiger charge is -2.09. The first kappa shape index (κ1) is 12.6. The second kappa shape index (κ2) is 4.81. The molecule has 0 radical (unpaired) electrons. The molecule has 0 bridgehead atoms. The lowest BCUT2D eigenvalue weighted by atomic mass is 10.1. The molecule has 0 heterocycles. The highest BCUT2D eigenvalue weighted by Gasteiger charge is 2.21. The van der Waals surface area contributed by atoms with Gasteiger partial charge in [-0.25, -0.2) is 0 Å². The standard InChI is InChI=1S/C14H12O5/c15-10-9(7-6-8-4-2-1-3-5-8)11(16)13(18)14(19)12(10)17/h1-7,15-19H/b7-6-. The summed E-state index contributed by atoms with van der Waals surface area (Å²) < 4.78 is 0. The third-order valence-electron chi connectivity index (χ3n) is 2.65. The normalized spacial score (nSPS) is 10.9. The fourth-order valence-electron chi connectivity index (χ4n) is 1.61. The van der Waals surface area contributed by atoms with Crippen LogP contribution in [0.5, 0.6) is 28.7 Å². The quantitative estimate of drug-likeness (QED) is 0.324. The lowest BCUT2D eigenvalue weighted by Crippen LogP contribution is -1.82. The zero-order valence-corrected chi connectivity index (χ0v) is 9.78. The third-order valence-corrected chi connectivity index (χ3v) is 2.65. The van der Waals surface area contributed by atoms with E-state index in [1.807, 2.05) is 18.2 Å². The number of hydrogen-bond donors (Lipinski definition) is 5. The van der Waals surface area contributed by atoms with E-state index in [0.29, 0.717) is 0 Å². The van der Waals surface area contributed by atoms with Crippen molar-refractivity contribution in [2.24, 2.45) is 0 Å². The zero-order valence-electron chi connectivity index (χ0n) is 9.78. The second-order valence-corrected chi connectivity index (χ2v) is 3.90. The van der Waals surface area contributed by atoms with Crippen molar-refractivity contribution in [3.8, 4) is 28.7 Å². The van der Waals surface area contributed by atoms with Crippen molar-refractivity contribution in [2.45, 2.75) is 0 Å². The summed E-state index contributed by atoms with van der Waals surface area (Å²) in [6.45, 7) is 0. The van der Waals surface area contributed by atoms with Gasteiger partial charge in [0.1, 0.15) is 0 Å². The van der Waals surface area contributed by atoms with Crippen LogP contribution in [0.15, 0.2) is 30.3 Å². The summed E-state index contributed by atoms with van der Waals surface area (Å²) >= 11 is 0. The molecule has 0 aliphatic heterocycles.